The largest absolute Gasteiger partial charge is 0.497 e. The molecule has 0 aromatic heterocycles. The SMILES string of the molecule is COc1ccc(S(=O)(=O)c2ccc(CN(C)c3ccc([N+](=O)[O-])c(C#N)c3)cc2)cc1. The third-order valence-electron chi connectivity index (χ3n) is 4.76. The summed E-state index contributed by atoms with van der Waals surface area (Å²) in [6, 6.07) is 18.9. The van der Waals surface area contributed by atoms with E-state index in [-0.39, 0.29) is 21.0 Å². The Morgan fingerprint density at radius 3 is 2.13 bits per heavy atom. The first-order valence-corrected chi connectivity index (χ1v) is 10.6. The second kappa shape index (κ2) is 8.85. The van der Waals surface area contributed by atoms with Crippen molar-refractivity contribution in [1.82, 2.24) is 0 Å². The number of nitriles is 1. The molecule has 9 heteroatoms. The van der Waals surface area contributed by atoms with Crippen LogP contribution < -0.4 is 9.64 Å². The third-order valence-corrected chi connectivity index (χ3v) is 6.55. The van der Waals surface area contributed by atoms with E-state index in [1.165, 1.54) is 31.4 Å². The Bertz CT molecular complexity index is 1250. The molecule has 0 fully saturated rings. The Balaban J connectivity index is 1.78. The fourth-order valence-electron chi connectivity index (χ4n) is 3.04. The Hall–Kier alpha value is -3.90. The Morgan fingerprint density at radius 2 is 1.61 bits per heavy atom. The molecule has 0 saturated heterocycles. The van der Waals surface area contributed by atoms with E-state index in [2.05, 4.69) is 0 Å². The molecule has 0 atom stereocenters. The van der Waals surface area contributed by atoms with E-state index in [1.54, 1.807) is 49.5 Å². The lowest BCUT2D eigenvalue weighted by Gasteiger charge is -2.19. The summed E-state index contributed by atoms with van der Waals surface area (Å²) in [4.78, 5) is 12.6. The van der Waals surface area contributed by atoms with Gasteiger partial charge in [-0.2, -0.15) is 5.26 Å². The number of nitro groups is 1. The lowest BCUT2D eigenvalue weighted by atomic mass is 10.1. The lowest BCUT2D eigenvalue weighted by Crippen LogP contribution is -2.16. The summed E-state index contributed by atoms with van der Waals surface area (Å²) in [6.45, 7) is 0.422. The van der Waals surface area contributed by atoms with E-state index in [9.17, 15) is 18.5 Å². The molecule has 0 aliphatic carbocycles. The van der Waals surface area contributed by atoms with Gasteiger partial charge >= 0.3 is 0 Å². The Morgan fingerprint density at radius 1 is 1.03 bits per heavy atom. The zero-order valence-electron chi connectivity index (χ0n) is 16.8. The van der Waals surface area contributed by atoms with E-state index in [0.717, 1.165) is 5.56 Å². The minimum absolute atomic E-state index is 0.0183. The predicted octanol–water partition coefficient (Wildman–Crippen LogP) is 3.94. The molecule has 8 nitrogen and oxygen atoms in total. The van der Waals surface area contributed by atoms with Gasteiger partial charge in [-0.15, -0.1) is 0 Å². The summed E-state index contributed by atoms with van der Waals surface area (Å²) < 4.78 is 30.7. The molecule has 3 rings (SSSR count). The van der Waals surface area contributed by atoms with Crippen molar-refractivity contribution in [2.75, 3.05) is 19.1 Å². The van der Waals surface area contributed by atoms with Gasteiger partial charge in [-0.25, -0.2) is 8.42 Å². The number of hydrogen-bond donors (Lipinski definition) is 0. The second-order valence-electron chi connectivity index (χ2n) is 6.75. The maximum absolute atomic E-state index is 12.8. The molecule has 3 aromatic carbocycles. The summed E-state index contributed by atoms with van der Waals surface area (Å²) in [6.07, 6.45) is 0. The van der Waals surface area contributed by atoms with Gasteiger partial charge in [0.15, 0.2) is 0 Å². The highest BCUT2D eigenvalue weighted by atomic mass is 32.2. The van der Waals surface area contributed by atoms with Crippen LogP contribution in [0.2, 0.25) is 0 Å². The molecule has 3 aromatic rings. The summed E-state index contributed by atoms with van der Waals surface area (Å²) in [5, 5.41) is 20.1. The zero-order chi connectivity index (χ0) is 22.6. The molecule has 0 spiro atoms. The molecule has 31 heavy (non-hydrogen) atoms. The van der Waals surface area contributed by atoms with Crippen LogP contribution in [0.5, 0.6) is 5.75 Å². The van der Waals surface area contributed by atoms with E-state index in [4.69, 9.17) is 10.00 Å². The minimum Gasteiger partial charge on any atom is -0.497 e. The topological polar surface area (TPSA) is 114 Å². The van der Waals surface area contributed by atoms with Gasteiger partial charge in [-0.3, -0.25) is 10.1 Å². The number of hydrogen-bond acceptors (Lipinski definition) is 7. The molecule has 0 unspecified atom stereocenters. The highest BCUT2D eigenvalue weighted by molar-refractivity contribution is 7.91. The first-order chi connectivity index (χ1) is 14.8. The molecule has 0 N–H and O–H groups in total. The highest BCUT2D eigenvalue weighted by Crippen LogP contribution is 2.26. The van der Waals surface area contributed by atoms with Gasteiger partial charge in [0.25, 0.3) is 5.69 Å². The van der Waals surface area contributed by atoms with E-state index < -0.39 is 14.8 Å². The minimum atomic E-state index is -3.65. The number of methoxy groups -OCH3 is 1. The van der Waals surface area contributed by atoms with Crippen molar-refractivity contribution in [3.63, 3.8) is 0 Å². The van der Waals surface area contributed by atoms with Crippen molar-refractivity contribution in [2.24, 2.45) is 0 Å². The van der Waals surface area contributed by atoms with E-state index in [0.29, 0.717) is 18.0 Å². The van der Waals surface area contributed by atoms with Crippen molar-refractivity contribution in [3.05, 3.63) is 88.0 Å². The van der Waals surface area contributed by atoms with Crippen molar-refractivity contribution in [2.45, 2.75) is 16.3 Å². The lowest BCUT2D eigenvalue weighted by molar-refractivity contribution is -0.385. The van der Waals surface area contributed by atoms with E-state index in [1.807, 2.05) is 11.0 Å². The van der Waals surface area contributed by atoms with Crippen molar-refractivity contribution in [3.8, 4) is 11.8 Å². The molecule has 0 amide bonds. The van der Waals surface area contributed by atoms with Gasteiger partial charge < -0.3 is 9.64 Å². The van der Waals surface area contributed by atoms with Gasteiger partial charge in [-0.1, -0.05) is 12.1 Å². The predicted molar refractivity (Wildman–Crippen MR) is 115 cm³/mol. The molecule has 0 aliphatic rings. The standard InChI is InChI=1S/C22H19N3O5S/c1-24(18-5-12-22(25(26)27)17(13-18)14-23)15-16-3-8-20(9-4-16)31(28,29)21-10-6-19(30-2)7-11-21/h3-13H,15H2,1-2H3. The normalized spacial score (nSPS) is 10.9. The number of nitrogens with zero attached hydrogens (tertiary/aromatic N) is 3. The maximum Gasteiger partial charge on any atom is 0.287 e. The monoisotopic (exact) mass is 437 g/mol. The smallest absolute Gasteiger partial charge is 0.287 e. The van der Waals surface area contributed by atoms with Crippen molar-refractivity contribution in [1.29, 1.82) is 5.26 Å². The first-order valence-electron chi connectivity index (χ1n) is 9.14. The first kappa shape index (κ1) is 21.8. The van der Waals surface area contributed by atoms with Crippen LogP contribution in [0, 0.1) is 21.4 Å². The summed E-state index contributed by atoms with van der Waals surface area (Å²) >= 11 is 0. The third kappa shape index (κ3) is 4.65. The van der Waals surface area contributed by atoms with Gasteiger partial charge in [0.05, 0.1) is 21.8 Å². The maximum atomic E-state index is 12.8. The molecule has 0 radical (unpaired) electrons. The van der Waals surface area contributed by atoms with Crippen LogP contribution in [0.3, 0.4) is 0 Å². The van der Waals surface area contributed by atoms with E-state index >= 15 is 0 Å². The highest BCUT2D eigenvalue weighted by Gasteiger charge is 2.18. The summed E-state index contributed by atoms with van der Waals surface area (Å²) in [7, 11) is -0.359. The summed E-state index contributed by atoms with van der Waals surface area (Å²) in [5.74, 6) is 0.572. The molecule has 158 valence electrons. The van der Waals surface area contributed by atoms with Gasteiger partial charge in [0.1, 0.15) is 17.4 Å². The van der Waals surface area contributed by atoms with Crippen LogP contribution in [0.1, 0.15) is 11.1 Å². The number of ether oxygens (including phenoxy) is 1. The van der Waals surface area contributed by atoms with Crippen LogP contribution >= 0.6 is 0 Å². The van der Waals surface area contributed by atoms with Crippen LogP contribution in [0.4, 0.5) is 11.4 Å². The number of benzene rings is 3. The molecule has 0 heterocycles. The molecular formula is C22H19N3O5S. The van der Waals surface area contributed by atoms with Gasteiger partial charge in [0.2, 0.25) is 9.84 Å². The fraction of sp³-hybridized carbons (Fsp3) is 0.136. The Kier molecular flexibility index (Phi) is 6.22. The molecule has 0 bridgehead atoms. The van der Waals surface area contributed by atoms with Crippen LogP contribution in [0.25, 0.3) is 0 Å². The number of sulfone groups is 1. The fourth-order valence-corrected chi connectivity index (χ4v) is 4.30. The molecular weight excluding hydrogens is 418 g/mol. The van der Waals surface area contributed by atoms with Crippen molar-refractivity contribution >= 4 is 21.2 Å². The second-order valence-corrected chi connectivity index (χ2v) is 8.70. The van der Waals surface area contributed by atoms with Gasteiger partial charge in [-0.05, 0) is 54.1 Å². The average Bonchev–Trinajstić information content (AvgIpc) is 2.78. The van der Waals surface area contributed by atoms with Crippen LogP contribution in [0.15, 0.2) is 76.5 Å². The zero-order valence-corrected chi connectivity index (χ0v) is 17.7. The molecule has 0 aliphatic heterocycles. The quantitative estimate of drug-likeness (QED) is 0.406. The van der Waals surface area contributed by atoms with Crippen molar-refractivity contribution < 1.29 is 18.1 Å². The summed E-state index contributed by atoms with van der Waals surface area (Å²) in [5.41, 5.74) is 1.22. The Labute approximate surface area is 180 Å². The van der Waals surface area contributed by atoms with Crippen LogP contribution in [-0.4, -0.2) is 27.5 Å². The van der Waals surface area contributed by atoms with Crippen LogP contribution in [-0.2, 0) is 16.4 Å². The number of anilines is 1. The average molecular weight is 437 g/mol. The van der Waals surface area contributed by atoms with Gasteiger partial charge in [0, 0.05) is 25.3 Å². The number of nitro benzene ring substituents is 1. The molecule has 0 saturated carbocycles. The number of rotatable bonds is 7.